The van der Waals surface area contributed by atoms with Crippen molar-refractivity contribution in [2.24, 2.45) is 5.73 Å². The molecule has 0 unspecified atom stereocenters. The highest BCUT2D eigenvalue weighted by atomic mass is 32.2. The summed E-state index contributed by atoms with van der Waals surface area (Å²) >= 11 is 0. The lowest BCUT2D eigenvalue weighted by atomic mass is 10.3. The van der Waals surface area contributed by atoms with Crippen molar-refractivity contribution in [3.63, 3.8) is 0 Å². The van der Waals surface area contributed by atoms with Crippen LogP contribution in [0.4, 0.5) is 5.69 Å². The van der Waals surface area contributed by atoms with Gasteiger partial charge in [0.1, 0.15) is 4.90 Å². The lowest BCUT2D eigenvalue weighted by molar-refractivity contribution is 0.520. The van der Waals surface area contributed by atoms with E-state index in [-0.39, 0.29) is 0 Å². The van der Waals surface area contributed by atoms with Crippen LogP contribution in [0.25, 0.3) is 0 Å². The van der Waals surface area contributed by atoms with E-state index in [2.05, 4.69) is 0 Å². The van der Waals surface area contributed by atoms with Crippen molar-refractivity contribution in [1.29, 1.82) is 0 Å². The molecular weight excluding hydrogens is 250 g/mol. The maximum atomic E-state index is 12.2. The molecule has 1 aromatic carbocycles. The summed E-state index contributed by atoms with van der Waals surface area (Å²) in [5.74, 6) is 0. The van der Waals surface area contributed by atoms with Crippen molar-refractivity contribution in [3.8, 4) is 0 Å². The summed E-state index contributed by atoms with van der Waals surface area (Å²) in [5.41, 5.74) is 6.18. The molecule has 102 valence electrons. The molecule has 18 heavy (non-hydrogen) atoms. The third kappa shape index (κ3) is 3.22. The Labute approximate surface area is 109 Å². The molecule has 1 aromatic rings. The van der Waals surface area contributed by atoms with Gasteiger partial charge in [0.2, 0.25) is 10.0 Å². The van der Waals surface area contributed by atoms with Gasteiger partial charge in [-0.05, 0) is 25.1 Å². The Bertz CT molecular complexity index is 486. The number of anilines is 1. The lowest BCUT2D eigenvalue weighted by Gasteiger charge is -2.23. The quantitative estimate of drug-likeness (QED) is 0.828. The molecule has 0 aliphatic rings. The van der Waals surface area contributed by atoms with Gasteiger partial charge in [-0.1, -0.05) is 12.1 Å². The van der Waals surface area contributed by atoms with Gasteiger partial charge in [-0.2, -0.15) is 0 Å². The number of hydrogen-bond acceptors (Lipinski definition) is 4. The van der Waals surface area contributed by atoms with E-state index in [0.717, 1.165) is 13.0 Å². The Morgan fingerprint density at radius 3 is 2.33 bits per heavy atom. The average molecular weight is 271 g/mol. The van der Waals surface area contributed by atoms with E-state index in [0.29, 0.717) is 17.1 Å². The second kappa shape index (κ2) is 6.17. The van der Waals surface area contributed by atoms with Gasteiger partial charge < -0.3 is 10.6 Å². The van der Waals surface area contributed by atoms with E-state index in [4.69, 9.17) is 5.73 Å². The van der Waals surface area contributed by atoms with Gasteiger partial charge in [-0.25, -0.2) is 12.7 Å². The Balaban J connectivity index is 3.15. The van der Waals surface area contributed by atoms with E-state index < -0.39 is 10.0 Å². The fourth-order valence-electron chi connectivity index (χ4n) is 1.64. The van der Waals surface area contributed by atoms with Crippen LogP contribution in [0, 0.1) is 0 Å². The molecule has 0 aliphatic heterocycles. The summed E-state index contributed by atoms with van der Waals surface area (Å²) < 4.78 is 25.6. The highest BCUT2D eigenvalue weighted by Crippen LogP contribution is 2.25. The molecule has 1 rings (SSSR count). The molecule has 0 radical (unpaired) electrons. The number of nitrogens with two attached hydrogens (primary N) is 1. The van der Waals surface area contributed by atoms with Crippen LogP contribution in [0.15, 0.2) is 29.2 Å². The smallest absolute Gasteiger partial charge is 0.244 e. The third-order valence-electron chi connectivity index (χ3n) is 2.73. The highest BCUT2D eigenvalue weighted by Gasteiger charge is 2.22. The molecule has 0 atom stereocenters. The number of hydrogen-bond donors (Lipinski definition) is 1. The summed E-state index contributed by atoms with van der Waals surface area (Å²) in [7, 11) is 1.52. The fourth-order valence-corrected chi connectivity index (χ4v) is 2.77. The van der Waals surface area contributed by atoms with E-state index in [1.807, 2.05) is 24.1 Å². The van der Waals surface area contributed by atoms with Crippen LogP contribution < -0.4 is 10.6 Å². The molecule has 2 N–H and O–H groups in total. The lowest BCUT2D eigenvalue weighted by Crippen LogP contribution is -2.27. The Morgan fingerprint density at radius 1 is 1.17 bits per heavy atom. The maximum absolute atomic E-state index is 12.2. The molecular formula is C12H21N3O2S. The van der Waals surface area contributed by atoms with E-state index >= 15 is 0 Å². The number of benzene rings is 1. The first-order chi connectivity index (χ1) is 8.41. The summed E-state index contributed by atoms with van der Waals surface area (Å²) in [6.45, 7) is 1.32. The minimum atomic E-state index is -3.42. The Kier molecular flexibility index (Phi) is 5.13. The summed E-state index contributed by atoms with van der Waals surface area (Å²) in [5, 5.41) is 0. The van der Waals surface area contributed by atoms with Crippen LogP contribution in [0.2, 0.25) is 0 Å². The second-order valence-corrected chi connectivity index (χ2v) is 6.44. The van der Waals surface area contributed by atoms with Crippen LogP contribution in [-0.2, 0) is 10.0 Å². The van der Waals surface area contributed by atoms with Crippen LogP contribution in [-0.4, -0.2) is 47.0 Å². The van der Waals surface area contributed by atoms with Gasteiger partial charge >= 0.3 is 0 Å². The van der Waals surface area contributed by atoms with Gasteiger partial charge in [0.15, 0.2) is 0 Å². The summed E-state index contributed by atoms with van der Waals surface area (Å²) in [6, 6.07) is 7.01. The maximum Gasteiger partial charge on any atom is 0.244 e. The van der Waals surface area contributed by atoms with Crippen LogP contribution in [0.1, 0.15) is 6.42 Å². The van der Waals surface area contributed by atoms with Gasteiger partial charge in [-0.15, -0.1) is 0 Å². The van der Waals surface area contributed by atoms with Gasteiger partial charge in [-0.3, -0.25) is 0 Å². The number of sulfonamides is 1. The third-order valence-corrected chi connectivity index (χ3v) is 4.60. The zero-order chi connectivity index (χ0) is 13.8. The van der Waals surface area contributed by atoms with Crippen molar-refractivity contribution < 1.29 is 8.42 Å². The highest BCUT2D eigenvalue weighted by molar-refractivity contribution is 7.89. The molecule has 6 heteroatoms. The molecule has 5 nitrogen and oxygen atoms in total. The first kappa shape index (κ1) is 14.9. The largest absolute Gasteiger partial charge is 0.373 e. The first-order valence-corrected chi connectivity index (χ1v) is 7.28. The van der Waals surface area contributed by atoms with E-state index in [1.165, 1.54) is 18.4 Å². The number of para-hydroxylation sites is 1. The van der Waals surface area contributed by atoms with Crippen LogP contribution in [0.3, 0.4) is 0 Å². The standard InChI is InChI=1S/C12H21N3O2S/c1-14(2)18(16,17)12-8-5-4-7-11(12)15(3)10-6-9-13/h4-5,7-8H,6,9-10,13H2,1-3H3. The predicted octanol–water partition coefficient (Wildman–Crippen LogP) is 0.722. The first-order valence-electron chi connectivity index (χ1n) is 5.84. The molecule has 0 spiro atoms. The van der Waals surface area contributed by atoms with Crippen LogP contribution >= 0.6 is 0 Å². The minimum Gasteiger partial charge on any atom is -0.373 e. The van der Waals surface area contributed by atoms with Crippen molar-refractivity contribution in [1.82, 2.24) is 4.31 Å². The van der Waals surface area contributed by atoms with E-state index in [9.17, 15) is 8.42 Å². The normalized spacial score (nSPS) is 11.8. The number of rotatable bonds is 6. The second-order valence-electron chi connectivity index (χ2n) is 4.32. The van der Waals surface area contributed by atoms with Gasteiger partial charge in [0, 0.05) is 27.7 Å². The Hall–Kier alpha value is -1.11. The number of nitrogens with zero attached hydrogens (tertiary/aromatic N) is 2. The predicted molar refractivity (Wildman–Crippen MR) is 74.3 cm³/mol. The Morgan fingerprint density at radius 2 is 1.78 bits per heavy atom. The van der Waals surface area contributed by atoms with Crippen molar-refractivity contribution in [2.75, 3.05) is 39.1 Å². The zero-order valence-electron chi connectivity index (χ0n) is 11.1. The monoisotopic (exact) mass is 271 g/mol. The van der Waals surface area contributed by atoms with E-state index in [1.54, 1.807) is 12.1 Å². The zero-order valence-corrected chi connectivity index (χ0v) is 11.9. The topological polar surface area (TPSA) is 66.6 Å². The average Bonchev–Trinajstić information content (AvgIpc) is 2.35. The molecule has 0 heterocycles. The van der Waals surface area contributed by atoms with Gasteiger partial charge in [0.25, 0.3) is 0 Å². The SMILES string of the molecule is CN(CCCN)c1ccccc1S(=O)(=O)N(C)C. The molecule has 0 saturated carbocycles. The molecule has 0 amide bonds. The van der Waals surface area contributed by atoms with Crippen molar-refractivity contribution in [3.05, 3.63) is 24.3 Å². The van der Waals surface area contributed by atoms with Crippen molar-refractivity contribution in [2.45, 2.75) is 11.3 Å². The minimum absolute atomic E-state index is 0.328. The fraction of sp³-hybridized carbons (Fsp3) is 0.500. The molecule has 0 aromatic heterocycles. The van der Waals surface area contributed by atoms with Crippen molar-refractivity contribution >= 4 is 15.7 Å². The molecule has 0 bridgehead atoms. The van der Waals surface area contributed by atoms with Crippen LogP contribution in [0.5, 0.6) is 0 Å². The molecule has 0 saturated heterocycles. The summed E-state index contributed by atoms with van der Waals surface area (Å²) in [6.07, 6.45) is 0.826. The molecule has 0 aliphatic carbocycles. The summed E-state index contributed by atoms with van der Waals surface area (Å²) in [4.78, 5) is 2.25. The molecule has 0 fully saturated rings. The van der Waals surface area contributed by atoms with Gasteiger partial charge in [0.05, 0.1) is 5.69 Å².